The molecule has 2 amide bonds. The van der Waals surface area contributed by atoms with Crippen LogP contribution in [0, 0.1) is 0 Å². The van der Waals surface area contributed by atoms with Crippen LogP contribution in [0.5, 0.6) is 5.75 Å². The van der Waals surface area contributed by atoms with Crippen molar-refractivity contribution in [3.63, 3.8) is 0 Å². The Morgan fingerprint density at radius 1 is 1.00 bits per heavy atom. The summed E-state index contributed by atoms with van der Waals surface area (Å²) in [5.74, 6) is 0.811. The summed E-state index contributed by atoms with van der Waals surface area (Å²) in [5.41, 5.74) is 2.43. The highest BCUT2D eigenvalue weighted by Crippen LogP contribution is 2.29. The molecule has 0 unspecified atom stereocenters. The Labute approximate surface area is 189 Å². The second-order valence-corrected chi connectivity index (χ2v) is 8.50. The first-order valence-electron chi connectivity index (χ1n) is 11.3. The zero-order valence-corrected chi connectivity index (χ0v) is 18.9. The molecule has 0 spiro atoms. The van der Waals surface area contributed by atoms with Gasteiger partial charge in [0.25, 0.3) is 5.91 Å². The maximum Gasteiger partial charge on any atom is 0.253 e. The zero-order chi connectivity index (χ0) is 22.5. The minimum Gasteiger partial charge on any atom is -0.495 e. The van der Waals surface area contributed by atoms with Crippen LogP contribution in [0.4, 0.5) is 11.4 Å². The zero-order valence-electron chi connectivity index (χ0n) is 18.9. The summed E-state index contributed by atoms with van der Waals surface area (Å²) in [6.45, 7) is 6.84. The first-order chi connectivity index (χ1) is 15.5. The van der Waals surface area contributed by atoms with Crippen LogP contribution in [0.25, 0.3) is 0 Å². The fraction of sp³-hybridized carbons (Fsp3) is 0.440. The molecule has 0 bridgehead atoms. The molecule has 0 aromatic heterocycles. The Bertz CT molecular complexity index is 956. The van der Waals surface area contributed by atoms with Gasteiger partial charge in [0.2, 0.25) is 5.91 Å². The van der Waals surface area contributed by atoms with Gasteiger partial charge in [-0.2, -0.15) is 0 Å². The Hall–Kier alpha value is -3.06. The topological polar surface area (TPSA) is 65.1 Å². The molecule has 2 aliphatic heterocycles. The van der Waals surface area contributed by atoms with E-state index in [1.807, 2.05) is 29.2 Å². The third-order valence-corrected chi connectivity index (χ3v) is 6.37. The fourth-order valence-electron chi connectivity index (χ4n) is 4.77. The SMILES string of the molecule is COc1ccccc1N1CCN([C@H]2CCCN(C(=O)c3cccc(NC(C)=O)c3)C2)CC1. The highest BCUT2D eigenvalue weighted by Gasteiger charge is 2.31. The summed E-state index contributed by atoms with van der Waals surface area (Å²) in [6.07, 6.45) is 2.12. The van der Waals surface area contributed by atoms with Gasteiger partial charge in [-0.3, -0.25) is 14.5 Å². The van der Waals surface area contributed by atoms with E-state index in [1.54, 1.807) is 19.2 Å². The number of carbonyl (C=O) groups is 2. The molecular weight excluding hydrogens is 404 g/mol. The monoisotopic (exact) mass is 436 g/mol. The summed E-state index contributed by atoms with van der Waals surface area (Å²) >= 11 is 0. The van der Waals surface area contributed by atoms with Crippen molar-refractivity contribution >= 4 is 23.2 Å². The van der Waals surface area contributed by atoms with Crippen LogP contribution in [0.15, 0.2) is 48.5 Å². The molecule has 0 radical (unpaired) electrons. The number of piperazine rings is 1. The van der Waals surface area contributed by atoms with Gasteiger partial charge in [-0.05, 0) is 43.2 Å². The third-order valence-electron chi connectivity index (χ3n) is 6.37. The molecule has 2 fully saturated rings. The molecule has 0 saturated carbocycles. The second-order valence-electron chi connectivity index (χ2n) is 8.50. The van der Waals surface area contributed by atoms with Crippen molar-refractivity contribution in [1.29, 1.82) is 0 Å². The summed E-state index contributed by atoms with van der Waals surface area (Å²) in [6, 6.07) is 15.8. The van der Waals surface area contributed by atoms with E-state index in [0.29, 0.717) is 17.3 Å². The number of para-hydroxylation sites is 2. The first-order valence-corrected chi connectivity index (χ1v) is 11.3. The number of nitrogens with zero attached hydrogens (tertiary/aromatic N) is 3. The number of rotatable bonds is 5. The van der Waals surface area contributed by atoms with Crippen LogP contribution in [-0.2, 0) is 4.79 Å². The molecule has 2 heterocycles. The Kier molecular flexibility index (Phi) is 6.95. The number of hydrogen-bond acceptors (Lipinski definition) is 5. The van der Waals surface area contributed by atoms with E-state index < -0.39 is 0 Å². The van der Waals surface area contributed by atoms with Crippen LogP contribution >= 0.6 is 0 Å². The van der Waals surface area contributed by atoms with E-state index in [9.17, 15) is 9.59 Å². The first kappa shape index (κ1) is 22.1. The van der Waals surface area contributed by atoms with Gasteiger partial charge < -0.3 is 19.9 Å². The highest BCUT2D eigenvalue weighted by atomic mass is 16.5. The van der Waals surface area contributed by atoms with E-state index in [2.05, 4.69) is 27.2 Å². The van der Waals surface area contributed by atoms with Gasteiger partial charge in [0.1, 0.15) is 5.75 Å². The lowest BCUT2D eigenvalue weighted by molar-refractivity contribution is -0.114. The van der Waals surface area contributed by atoms with Crippen molar-refractivity contribution in [3.05, 3.63) is 54.1 Å². The van der Waals surface area contributed by atoms with E-state index in [-0.39, 0.29) is 11.8 Å². The van der Waals surface area contributed by atoms with Gasteiger partial charge in [0.05, 0.1) is 12.8 Å². The molecule has 2 aromatic carbocycles. The molecule has 4 rings (SSSR count). The van der Waals surface area contributed by atoms with Crippen LogP contribution < -0.4 is 15.0 Å². The Morgan fingerprint density at radius 2 is 1.78 bits per heavy atom. The van der Waals surface area contributed by atoms with E-state index >= 15 is 0 Å². The average molecular weight is 437 g/mol. The van der Waals surface area contributed by atoms with Crippen molar-refractivity contribution in [2.75, 3.05) is 56.6 Å². The number of hydrogen-bond donors (Lipinski definition) is 1. The number of ether oxygens (including phenoxy) is 1. The van der Waals surface area contributed by atoms with Crippen LogP contribution in [-0.4, -0.2) is 74.0 Å². The van der Waals surface area contributed by atoms with Gasteiger partial charge >= 0.3 is 0 Å². The molecule has 7 nitrogen and oxygen atoms in total. The maximum absolute atomic E-state index is 13.1. The van der Waals surface area contributed by atoms with Gasteiger partial charge in [-0.1, -0.05) is 18.2 Å². The summed E-state index contributed by atoms with van der Waals surface area (Å²) in [7, 11) is 1.72. The molecule has 7 heteroatoms. The molecule has 2 saturated heterocycles. The number of methoxy groups -OCH3 is 1. The Morgan fingerprint density at radius 3 is 2.53 bits per heavy atom. The summed E-state index contributed by atoms with van der Waals surface area (Å²) in [5, 5.41) is 2.76. The molecule has 0 aliphatic carbocycles. The average Bonchev–Trinajstić information content (AvgIpc) is 2.83. The normalized spacial score (nSPS) is 19.5. The van der Waals surface area contributed by atoms with Crippen LogP contribution in [0.3, 0.4) is 0 Å². The lowest BCUT2D eigenvalue weighted by atomic mass is 10.0. The predicted molar refractivity (Wildman–Crippen MR) is 126 cm³/mol. The number of likely N-dealkylation sites (tertiary alicyclic amines) is 1. The quantitative estimate of drug-likeness (QED) is 0.780. The summed E-state index contributed by atoms with van der Waals surface area (Å²) in [4.78, 5) is 31.4. The summed E-state index contributed by atoms with van der Waals surface area (Å²) < 4.78 is 5.53. The predicted octanol–water partition coefficient (Wildman–Crippen LogP) is 3.08. The standard InChI is InChI=1S/C25H32N4O3/c1-19(30)26-21-8-5-7-20(17-21)25(31)29-12-6-9-22(18-29)27-13-15-28(16-14-27)23-10-3-4-11-24(23)32-2/h3-5,7-8,10-11,17,22H,6,9,12-16,18H2,1-2H3,(H,26,30)/t22-/m0/s1. The second kappa shape index (κ2) is 10.0. The molecular formula is C25H32N4O3. The maximum atomic E-state index is 13.1. The number of carbonyl (C=O) groups excluding carboxylic acids is 2. The number of anilines is 2. The minimum atomic E-state index is -0.139. The molecule has 32 heavy (non-hydrogen) atoms. The van der Waals surface area contributed by atoms with Crippen molar-refractivity contribution < 1.29 is 14.3 Å². The van der Waals surface area contributed by atoms with Crippen molar-refractivity contribution in [2.24, 2.45) is 0 Å². The van der Waals surface area contributed by atoms with E-state index in [0.717, 1.165) is 63.5 Å². The van der Waals surface area contributed by atoms with Crippen LogP contribution in [0.2, 0.25) is 0 Å². The van der Waals surface area contributed by atoms with E-state index in [4.69, 9.17) is 4.74 Å². The smallest absolute Gasteiger partial charge is 0.253 e. The van der Waals surface area contributed by atoms with Crippen LogP contribution in [0.1, 0.15) is 30.1 Å². The van der Waals surface area contributed by atoms with Gasteiger partial charge in [-0.25, -0.2) is 0 Å². The molecule has 1 atom stereocenters. The van der Waals surface area contributed by atoms with Gasteiger partial charge in [-0.15, -0.1) is 0 Å². The van der Waals surface area contributed by atoms with Crippen molar-refractivity contribution in [1.82, 2.24) is 9.80 Å². The highest BCUT2D eigenvalue weighted by molar-refractivity contribution is 5.96. The van der Waals surface area contributed by atoms with Gasteiger partial charge in [0.15, 0.2) is 0 Å². The molecule has 1 N–H and O–H groups in total. The lowest BCUT2D eigenvalue weighted by Gasteiger charge is -2.44. The molecule has 2 aromatic rings. The fourth-order valence-corrected chi connectivity index (χ4v) is 4.77. The van der Waals surface area contributed by atoms with Crippen molar-refractivity contribution in [3.8, 4) is 5.75 Å². The van der Waals surface area contributed by atoms with E-state index in [1.165, 1.54) is 6.92 Å². The van der Waals surface area contributed by atoms with Crippen molar-refractivity contribution in [2.45, 2.75) is 25.8 Å². The number of benzene rings is 2. The lowest BCUT2D eigenvalue weighted by Crippen LogP contribution is -2.55. The molecule has 2 aliphatic rings. The largest absolute Gasteiger partial charge is 0.495 e. The Balaban J connectivity index is 1.36. The number of amides is 2. The molecule has 170 valence electrons. The van der Waals surface area contributed by atoms with Gasteiger partial charge in [0, 0.05) is 63.5 Å². The third kappa shape index (κ3) is 5.05. The minimum absolute atomic E-state index is 0.0366. The number of piperidine rings is 1. The number of nitrogens with one attached hydrogen (secondary N) is 1.